The van der Waals surface area contributed by atoms with Gasteiger partial charge in [0.1, 0.15) is 0 Å². The van der Waals surface area contributed by atoms with Crippen LogP contribution in [0.2, 0.25) is 0 Å². The van der Waals surface area contributed by atoms with Gasteiger partial charge in [-0.15, -0.1) is 0 Å². The van der Waals surface area contributed by atoms with Crippen molar-refractivity contribution in [2.45, 2.75) is 46.5 Å². The highest BCUT2D eigenvalue weighted by Crippen LogP contribution is 2.34. The quantitative estimate of drug-likeness (QED) is 0.819. The molecule has 0 amide bonds. The first-order chi connectivity index (χ1) is 9.09. The van der Waals surface area contributed by atoms with Crippen LogP contribution < -0.4 is 0 Å². The van der Waals surface area contributed by atoms with Crippen LogP contribution in [0, 0.1) is 17.8 Å². The Morgan fingerprint density at radius 3 is 2.32 bits per heavy atom. The van der Waals surface area contributed by atoms with Crippen molar-refractivity contribution in [3.8, 4) is 0 Å². The first kappa shape index (κ1) is 14.5. The Morgan fingerprint density at radius 1 is 0.947 bits per heavy atom. The summed E-state index contributed by atoms with van der Waals surface area (Å²) in [6.45, 7) is 10.4. The maximum absolute atomic E-state index is 6.09. The van der Waals surface area contributed by atoms with Crippen LogP contribution in [0.4, 0.5) is 0 Å². The van der Waals surface area contributed by atoms with Crippen molar-refractivity contribution in [3.63, 3.8) is 0 Å². The van der Waals surface area contributed by atoms with Gasteiger partial charge in [0, 0.05) is 0 Å². The third kappa shape index (κ3) is 3.58. The highest BCUT2D eigenvalue weighted by molar-refractivity contribution is 5.13. The Morgan fingerprint density at radius 2 is 1.63 bits per heavy atom. The van der Waals surface area contributed by atoms with Crippen LogP contribution in [0.1, 0.15) is 33.3 Å². The summed E-state index contributed by atoms with van der Waals surface area (Å²) in [5, 5.41) is 0. The van der Waals surface area contributed by atoms with Crippen molar-refractivity contribution < 1.29 is 9.47 Å². The normalized spacial score (nSPS) is 35.3. The third-order valence-corrected chi connectivity index (χ3v) is 4.77. The zero-order valence-corrected chi connectivity index (χ0v) is 12.5. The molecule has 1 fully saturated rings. The highest BCUT2D eigenvalue weighted by Gasteiger charge is 2.36. The molecular formula is C17H26O2. The molecule has 0 spiro atoms. The predicted molar refractivity (Wildman–Crippen MR) is 77.9 cm³/mol. The van der Waals surface area contributed by atoms with Crippen LogP contribution in [0.3, 0.4) is 0 Å². The van der Waals surface area contributed by atoms with Crippen molar-refractivity contribution in [3.05, 3.63) is 35.9 Å². The van der Waals surface area contributed by atoms with Crippen molar-refractivity contribution in [2.24, 2.45) is 17.8 Å². The summed E-state index contributed by atoms with van der Waals surface area (Å²) in [6, 6.07) is 10.3. The summed E-state index contributed by atoms with van der Waals surface area (Å²) in [6.07, 6.45) is 0.557. The molecule has 0 saturated carbocycles. The van der Waals surface area contributed by atoms with E-state index in [1.54, 1.807) is 0 Å². The fourth-order valence-corrected chi connectivity index (χ4v) is 2.83. The monoisotopic (exact) mass is 262 g/mol. The lowest BCUT2D eigenvalue weighted by Gasteiger charge is -2.42. The minimum atomic E-state index is 0.227. The molecule has 0 aromatic heterocycles. The molecule has 2 nitrogen and oxygen atoms in total. The summed E-state index contributed by atoms with van der Waals surface area (Å²) in [7, 11) is 0. The maximum atomic E-state index is 6.09. The molecule has 1 heterocycles. The van der Waals surface area contributed by atoms with Gasteiger partial charge >= 0.3 is 0 Å². The molecule has 0 N–H and O–H groups in total. The largest absolute Gasteiger partial charge is 0.374 e. The lowest BCUT2D eigenvalue weighted by Crippen LogP contribution is -2.45. The molecule has 0 aliphatic carbocycles. The van der Waals surface area contributed by atoms with Crippen LogP contribution in [-0.4, -0.2) is 18.8 Å². The second-order valence-electron chi connectivity index (χ2n) is 5.96. The molecule has 0 bridgehead atoms. The smallest absolute Gasteiger partial charge is 0.0840 e. The van der Waals surface area contributed by atoms with Gasteiger partial charge in [0.15, 0.2) is 0 Å². The van der Waals surface area contributed by atoms with E-state index in [4.69, 9.17) is 9.47 Å². The van der Waals surface area contributed by atoms with E-state index < -0.39 is 0 Å². The molecule has 5 unspecified atom stereocenters. The van der Waals surface area contributed by atoms with Gasteiger partial charge in [0.25, 0.3) is 0 Å². The fourth-order valence-electron chi connectivity index (χ4n) is 2.83. The lowest BCUT2D eigenvalue weighted by molar-refractivity contribution is -0.150. The Bertz CT molecular complexity index is 376. The van der Waals surface area contributed by atoms with E-state index in [2.05, 4.69) is 39.8 Å². The molecule has 1 aromatic rings. The zero-order chi connectivity index (χ0) is 13.8. The number of hydrogen-bond acceptors (Lipinski definition) is 2. The van der Waals surface area contributed by atoms with Crippen molar-refractivity contribution in [1.29, 1.82) is 0 Å². The zero-order valence-electron chi connectivity index (χ0n) is 12.5. The Balaban J connectivity index is 1.82. The minimum absolute atomic E-state index is 0.227. The Labute approximate surface area is 117 Å². The average Bonchev–Trinajstić information content (AvgIpc) is 2.43. The van der Waals surface area contributed by atoms with Gasteiger partial charge in [0.2, 0.25) is 0 Å². The lowest BCUT2D eigenvalue weighted by atomic mass is 9.77. The maximum Gasteiger partial charge on any atom is 0.0840 e. The third-order valence-electron chi connectivity index (χ3n) is 4.77. The molecule has 1 aromatic carbocycles. The molecule has 19 heavy (non-hydrogen) atoms. The first-order valence-electron chi connectivity index (χ1n) is 7.36. The Hall–Kier alpha value is -0.860. The van der Waals surface area contributed by atoms with E-state index in [-0.39, 0.29) is 6.10 Å². The highest BCUT2D eigenvalue weighted by atomic mass is 16.5. The molecule has 0 radical (unpaired) electrons. The van der Waals surface area contributed by atoms with Gasteiger partial charge < -0.3 is 9.47 Å². The molecule has 2 rings (SSSR count). The van der Waals surface area contributed by atoms with Gasteiger partial charge in [-0.05, 0) is 30.2 Å². The van der Waals surface area contributed by atoms with Crippen LogP contribution in [-0.2, 0) is 16.1 Å². The molecule has 1 saturated heterocycles. The molecule has 106 valence electrons. The molecule has 1 aliphatic heterocycles. The molecular weight excluding hydrogens is 236 g/mol. The topological polar surface area (TPSA) is 18.5 Å². The van der Waals surface area contributed by atoms with Gasteiger partial charge in [-0.25, -0.2) is 0 Å². The molecule has 5 atom stereocenters. The number of ether oxygens (including phenoxy) is 2. The minimum Gasteiger partial charge on any atom is -0.374 e. The van der Waals surface area contributed by atoms with Crippen molar-refractivity contribution in [2.75, 3.05) is 6.61 Å². The van der Waals surface area contributed by atoms with E-state index in [9.17, 15) is 0 Å². The van der Waals surface area contributed by atoms with Crippen molar-refractivity contribution in [1.82, 2.24) is 0 Å². The fraction of sp³-hybridized carbons (Fsp3) is 0.647. The van der Waals surface area contributed by atoms with Crippen LogP contribution in [0.25, 0.3) is 0 Å². The van der Waals surface area contributed by atoms with E-state index in [0.29, 0.717) is 37.1 Å². The molecule has 1 aliphatic rings. The number of hydrogen-bond donors (Lipinski definition) is 0. The van der Waals surface area contributed by atoms with Gasteiger partial charge in [-0.2, -0.15) is 0 Å². The van der Waals surface area contributed by atoms with E-state index >= 15 is 0 Å². The van der Waals surface area contributed by atoms with Gasteiger partial charge in [-0.3, -0.25) is 0 Å². The van der Waals surface area contributed by atoms with Crippen LogP contribution >= 0.6 is 0 Å². The summed E-state index contributed by atoms with van der Waals surface area (Å²) in [4.78, 5) is 0. The summed E-state index contributed by atoms with van der Waals surface area (Å²) < 4.78 is 11.9. The second-order valence-corrected chi connectivity index (χ2v) is 5.96. The van der Waals surface area contributed by atoms with Crippen molar-refractivity contribution >= 4 is 0 Å². The van der Waals surface area contributed by atoms with E-state index in [1.165, 1.54) is 5.56 Å². The average molecular weight is 262 g/mol. The molecule has 2 heteroatoms. The van der Waals surface area contributed by atoms with Crippen LogP contribution in [0.15, 0.2) is 30.3 Å². The summed E-state index contributed by atoms with van der Waals surface area (Å²) in [5.74, 6) is 1.87. The van der Waals surface area contributed by atoms with Gasteiger partial charge in [-0.1, -0.05) is 51.1 Å². The number of benzene rings is 1. The van der Waals surface area contributed by atoms with Gasteiger partial charge in [0.05, 0.1) is 25.4 Å². The Kier molecular flexibility index (Phi) is 5.00. The summed E-state index contributed by atoms with van der Waals surface area (Å²) >= 11 is 0. The number of rotatable bonds is 4. The standard InChI is InChI=1S/C17H26O2/c1-12-13(2)15(4)19-17(14(12)3)11-18-10-16-8-6-5-7-9-16/h5-9,12-15,17H,10-11H2,1-4H3. The van der Waals surface area contributed by atoms with E-state index in [0.717, 1.165) is 0 Å². The van der Waals surface area contributed by atoms with Crippen LogP contribution in [0.5, 0.6) is 0 Å². The summed E-state index contributed by atoms with van der Waals surface area (Å²) in [5.41, 5.74) is 1.22. The second kappa shape index (κ2) is 6.53. The SMILES string of the molecule is CC1OC(COCc2ccccc2)C(C)C(C)C1C. The van der Waals surface area contributed by atoms with E-state index in [1.807, 2.05) is 18.2 Å². The first-order valence-corrected chi connectivity index (χ1v) is 7.36. The predicted octanol–water partition coefficient (Wildman–Crippen LogP) is 3.90.